The molecule has 3 N–H and O–H groups in total. The Kier molecular flexibility index (Phi) is 4.04. The molecule has 1 aliphatic rings. The van der Waals surface area contributed by atoms with Crippen molar-refractivity contribution >= 4 is 17.3 Å². The minimum atomic E-state index is 0.141. The predicted molar refractivity (Wildman–Crippen MR) is 66.9 cm³/mol. The van der Waals surface area contributed by atoms with Crippen LogP contribution in [0.1, 0.15) is 12.8 Å². The van der Waals surface area contributed by atoms with Gasteiger partial charge in [-0.2, -0.15) is 0 Å². The van der Waals surface area contributed by atoms with E-state index in [2.05, 4.69) is 5.32 Å². The highest BCUT2D eigenvalue weighted by Gasteiger charge is 2.25. The highest BCUT2D eigenvalue weighted by atomic mass is 35.5. The van der Waals surface area contributed by atoms with Gasteiger partial charge in [-0.15, -0.1) is 0 Å². The number of benzene rings is 1. The molecular weight excluding hydrogens is 224 g/mol. The van der Waals surface area contributed by atoms with Gasteiger partial charge in [-0.05, 0) is 25.0 Å². The standard InChI is InChI=1S/C12H17ClN2O/c13-9-4-1-2-5-10(9)15-11(8-14)12-6-3-7-16-12/h1-2,4-5,11-12,15H,3,6-8,14H2. The zero-order valence-corrected chi connectivity index (χ0v) is 9.91. The third kappa shape index (κ3) is 2.67. The predicted octanol–water partition coefficient (Wildman–Crippen LogP) is 2.26. The molecule has 88 valence electrons. The molecule has 2 atom stereocenters. The van der Waals surface area contributed by atoms with E-state index < -0.39 is 0 Å². The van der Waals surface area contributed by atoms with Gasteiger partial charge in [0.25, 0.3) is 0 Å². The van der Waals surface area contributed by atoms with Gasteiger partial charge < -0.3 is 15.8 Å². The van der Waals surface area contributed by atoms with Crippen molar-refractivity contribution in [2.45, 2.75) is 25.0 Å². The van der Waals surface area contributed by atoms with Gasteiger partial charge in [0.05, 0.1) is 22.9 Å². The second-order valence-corrected chi connectivity index (χ2v) is 4.43. The minimum absolute atomic E-state index is 0.141. The lowest BCUT2D eigenvalue weighted by atomic mass is 10.1. The molecule has 2 rings (SSSR count). The molecule has 1 heterocycles. The van der Waals surface area contributed by atoms with Crippen LogP contribution in [0.15, 0.2) is 24.3 Å². The Morgan fingerprint density at radius 1 is 1.50 bits per heavy atom. The largest absolute Gasteiger partial charge is 0.377 e. The Balaban J connectivity index is 2.03. The van der Waals surface area contributed by atoms with E-state index in [1.165, 1.54) is 0 Å². The van der Waals surface area contributed by atoms with Gasteiger partial charge >= 0.3 is 0 Å². The summed E-state index contributed by atoms with van der Waals surface area (Å²) in [4.78, 5) is 0. The molecule has 1 aliphatic heterocycles. The summed E-state index contributed by atoms with van der Waals surface area (Å²) in [6.07, 6.45) is 2.39. The van der Waals surface area contributed by atoms with Crippen LogP contribution >= 0.6 is 11.6 Å². The second kappa shape index (κ2) is 5.53. The van der Waals surface area contributed by atoms with Crippen LogP contribution in [0, 0.1) is 0 Å². The van der Waals surface area contributed by atoms with Crippen LogP contribution in [0.5, 0.6) is 0 Å². The second-order valence-electron chi connectivity index (χ2n) is 4.02. The lowest BCUT2D eigenvalue weighted by Gasteiger charge is -2.24. The molecule has 0 amide bonds. The number of nitrogens with one attached hydrogen (secondary N) is 1. The van der Waals surface area contributed by atoms with E-state index in [4.69, 9.17) is 22.1 Å². The maximum Gasteiger partial charge on any atom is 0.0789 e. The smallest absolute Gasteiger partial charge is 0.0789 e. The number of halogens is 1. The van der Waals surface area contributed by atoms with E-state index in [0.717, 1.165) is 30.2 Å². The maximum atomic E-state index is 6.09. The molecule has 0 radical (unpaired) electrons. The van der Waals surface area contributed by atoms with E-state index >= 15 is 0 Å². The van der Waals surface area contributed by atoms with E-state index in [0.29, 0.717) is 6.54 Å². The van der Waals surface area contributed by atoms with Gasteiger partial charge in [-0.25, -0.2) is 0 Å². The first-order valence-electron chi connectivity index (χ1n) is 5.64. The first-order chi connectivity index (χ1) is 7.81. The third-order valence-corrected chi connectivity index (χ3v) is 3.21. The fourth-order valence-corrected chi connectivity index (χ4v) is 2.19. The Bertz CT molecular complexity index is 340. The number of hydrogen-bond acceptors (Lipinski definition) is 3. The number of nitrogens with two attached hydrogens (primary N) is 1. The van der Waals surface area contributed by atoms with Crippen LogP contribution in [-0.2, 0) is 4.74 Å². The first kappa shape index (κ1) is 11.7. The molecule has 0 bridgehead atoms. The monoisotopic (exact) mass is 240 g/mol. The van der Waals surface area contributed by atoms with E-state index in [9.17, 15) is 0 Å². The fraction of sp³-hybridized carbons (Fsp3) is 0.500. The van der Waals surface area contributed by atoms with Crippen molar-refractivity contribution in [3.8, 4) is 0 Å². The van der Waals surface area contributed by atoms with E-state index in [1.54, 1.807) is 0 Å². The minimum Gasteiger partial charge on any atom is -0.377 e. The van der Waals surface area contributed by atoms with Gasteiger partial charge in [-0.1, -0.05) is 23.7 Å². The number of anilines is 1. The molecule has 1 fully saturated rings. The topological polar surface area (TPSA) is 47.3 Å². The Labute approximate surface area is 101 Å². The number of para-hydroxylation sites is 1. The Morgan fingerprint density at radius 2 is 2.31 bits per heavy atom. The highest BCUT2D eigenvalue weighted by Crippen LogP contribution is 2.24. The van der Waals surface area contributed by atoms with Crippen molar-refractivity contribution in [2.24, 2.45) is 5.73 Å². The lowest BCUT2D eigenvalue weighted by Crippen LogP contribution is -2.39. The molecule has 0 aliphatic carbocycles. The molecule has 0 spiro atoms. The average Bonchev–Trinajstić information content (AvgIpc) is 2.81. The highest BCUT2D eigenvalue weighted by molar-refractivity contribution is 6.33. The maximum absolute atomic E-state index is 6.09. The third-order valence-electron chi connectivity index (χ3n) is 2.88. The number of ether oxygens (including phenoxy) is 1. The molecule has 2 unspecified atom stereocenters. The summed E-state index contributed by atoms with van der Waals surface area (Å²) in [5, 5.41) is 4.08. The van der Waals surface area contributed by atoms with Crippen LogP contribution in [0.4, 0.5) is 5.69 Å². The molecule has 4 heteroatoms. The van der Waals surface area contributed by atoms with Crippen molar-refractivity contribution < 1.29 is 4.74 Å². The van der Waals surface area contributed by atoms with Gasteiger partial charge in [-0.3, -0.25) is 0 Å². The van der Waals surface area contributed by atoms with Crippen molar-refractivity contribution in [1.82, 2.24) is 0 Å². The van der Waals surface area contributed by atoms with Crippen molar-refractivity contribution in [2.75, 3.05) is 18.5 Å². The van der Waals surface area contributed by atoms with Crippen LogP contribution in [-0.4, -0.2) is 25.3 Å². The van der Waals surface area contributed by atoms with E-state index in [-0.39, 0.29) is 12.1 Å². The molecule has 16 heavy (non-hydrogen) atoms. The summed E-state index contributed by atoms with van der Waals surface area (Å²) in [5.74, 6) is 0. The zero-order valence-electron chi connectivity index (χ0n) is 9.16. The van der Waals surface area contributed by atoms with Crippen molar-refractivity contribution in [1.29, 1.82) is 0 Å². The van der Waals surface area contributed by atoms with Crippen molar-refractivity contribution in [3.05, 3.63) is 29.3 Å². The molecule has 1 saturated heterocycles. The van der Waals surface area contributed by atoms with Crippen LogP contribution in [0.3, 0.4) is 0 Å². The van der Waals surface area contributed by atoms with Gasteiger partial charge in [0, 0.05) is 13.2 Å². The summed E-state index contributed by atoms with van der Waals surface area (Å²) in [7, 11) is 0. The molecule has 0 saturated carbocycles. The average molecular weight is 241 g/mol. The van der Waals surface area contributed by atoms with Crippen molar-refractivity contribution in [3.63, 3.8) is 0 Å². The first-order valence-corrected chi connectivity index (χ1v) is 6.02. The van der Waals surface area contributed by atoms with Gasteiger partial charge in [0.15, 0.2) is 0 Å². The lowest BCUT2D eigenvalue weighted by molar-refractivity contribution is 0.0973. The summed E-state index contributed by atoms with van der Waals surface area (Å²) in [5.41, 5.74) is 6.69. The van der Waals surface area contributed by atoms with Crippen LogP contribution in [0.2, 0.25) is 5.02 Å². The molecule has 0 aromatic heterocycles. The summed E-state index contributed by atoms with van der Waals surface area (Å²) >= 11 is 6.09. The SMILES string of the molecule is NCC(Nc1ccccc1Cl)C1CCCO1. The molecule has 3 nitrogen and oxygen atoms in total. The van der Waals surface area contributed by atoms with E-state index in [1.807, 2.05) is 24.3 Å². The molecular formula is C12H17ClN2O. The Morgan fingerprint density at radius 3 is 2.94 bits per heavy atom. The fourth-order valence-electron chi connectivity index (χ4n) is 2.00. The van der Waals surface area contributed by atoms with Crippen LogP contribution < -0.4 is 11.1 Å². The number of hydrogen-bond donors (Lipinski definition) is 2. The van der Waals surface area contributed by atoms with Crippen LogP contribution in [0.25, 0.3) is 0 Å². The quantitative estimate of drug-likeness (QED) is 0.849. The summed E-state index contributed by atoms with van der Waals surface area (Å²) < 4.78 is 5.63. The molecule has 1 aromatic carbocycles. The summed E-state index contributed by atoms with van der Waals surface area (Å²) in [6.45, 7) is 1.39. The van der Waals surface area contributed by atoms with Gasteiger partial charge in [0.2, 0.25) is 0 Å². The number of rotatable bonds is 4. The molecule has 1 aromatic rings. The normalized spacial score (nSPS) is 22.0. The summed E-state index contributed by atoms with van der Waals surface area (Å²) in [6, 6.07) is 7.84. The van der Waals surface area contributed by atoms with Gasteiger partial charge in [0.1, 0.15) is 0 Å². The Hall–Kier alpha value is -0.770. The zero-order chi connectivity index (χ0) is 11.4.